The third-order valence-corrected chi connectivity index (χ3v) is 9.81. The number of alkyl halides is 3. The van der Waals surface area contributed by atoms with Gasteiger partial charge in [-0.25, -0.2) is 26.9 Å². The Bertz CT molecular complexity index is 2930. The molecule has 0 N–H and O–H groups in total. The number of para-hydroxylation sites is 1. The van der Waals surface area contributed by atoms with Crippen LogP contribution in [0.2, 0.25) is 0 Å². The molecule has 12 heteroatoms. The molecule has 0 radical (unpaired) electrons. The third kappa shape index (κ3) is 6.07. The Morgan fingerprint density at radius 1 is 0.732 bits per heavy atom. The molecular formula is C44H31F8N3O. The zero-order chi connectivity index (χ0) is 42.5. The molecule has 0 aliphatic rings. The average molecular weight is 773 g/mol. The van der Waals surface area contributed by atoms with E-state index in [1.807, 2.05) is 27.7 Å². The highest BCUT2D eigenvalue weighted by molar-refractivity contribution is 6.10. The summed E-state index contributed by atoms with van der Waals surface area (Å²) in [5.74, 6) is -5.44. The monoisotopic (exact) mass is 772 g/mol. The van der Waals surface area contributed by atoms with Gasteiger partial charge in [0.1, 0.15) is 46.0 Å². The quantitative estimate of drug-likeness (QED) is 0.158. The summed E-state index contributed by atoms with van der Waals surface area (Å²) in [5.41, 5.74) is -1.73. The number of halogens is 8. The number of aryl methyl sites for hydroxylation is 1. The standard InChI is InChI=1S/C44H31F8N3O/c1-20(2)30-17-28(47)18-31(21(3)4)41(30)55-40-22(5)7-6-8-35(40)54-43(55)29-9-10-32(44(50,51)52)38-39-36(56-42(29)38)15-25(19-53-39)37-33(48)13-24(14-34(37)49)23-11-26(45)16-27(46)12-23/h6-21H,1-5H3/i5D3. The smallest absolute Gasteiger partial charge is 0.417 e. The molecule has 284 valence electrons. The van der Waals surface area contributed by atoms with Gasteiger partial charge < -0.3 is 4.42 Å². The molecule has 0 saturated carbocycles. The molecular weight excluding hydrogens is 738 g/mol. The number of hydrogen-bond donors (Lipinski definition) is 0. The minimum Gasteiger partial charge on any atom is -0.454 e. The highest BCUT2D eigenvalue weighted by Crippen LogP contribution is 2.46. The second-order valence-corrected chi connectivity index (χ2v) is 14.2. The molecule has 3 heterocycles. The van der Waals surface area contributed by atoms with Crippen LogP contribution in [0.5, 0.6) is 0 Å². The van der Waals surface area contributed by atoms with E-state index in [-0.39, 0.29) is 73.2 Å². The Morgan fingerprint density at radius 3 is 1.96 bits per heavy atom. The van der Waals surface area contributed by atoms with Crippen molar-refractivity contribution < 1.29 is 43.7 Å². The molecule has 0 bridgehead atoms. The van der Waals surface area contributed by atoms with Crippen LogP contribution in [0.1, 0.15) is 65.9 Å². The summed E-state index contributed by atoms with van der Waals surface area (Å²) in [7, 11) is 0. The molecule has 4 nitrogen and oxygen atoms in total. The van der Waals surface area contributed by atoms with Gasteiger partial charge in [0.15, 0.2) is 5.58 Å². The summed E-state index contributed by atoms with van der Waals surface area (Å²) in [6, 6.07) is 14.3. The van der Waals surface area contributed by atoms with Crippen molar-refractivity contribution in [3.8, 4) is 39.3 Å². The summed E-state index contributed by atoms with van der Waals surface area (Å²) >= 11 is 0. The predicted octanol–water partition coefficient (Wildman–Crippen LogP) is 13.6. The van der Waals surface area contributed by atoms with Crippen LogP contribution in [0.25, 0.3) is 72.4 Å². The lowest BCUT2D eigenvalue weighted by Gasteiger charge is -2.23. The second kappa shape index (κ2) is 13.3. The topological polar surface area (TPSA) is 43.9 Å². The van der Waals surface area contributed by atoms with E-state index in [0.717, 1.165) is 48.7 Å². The van der Waals surface area contributed by atoms with E-state index in [4.69, 9.17) is 13.5 Å². The fourth-order valence-electron chi connectivity index (χ4n) is 7.33. The van der Waals surface area contributed by atoms with Crippen molar-refractivity contribution in [2.24, 2.45) is 0 Å². The summed E-state index contributed by atoms with van der Waals surface area (Å²) in [4.78, 5) is 9.04. The van der Waals surface area contributed by atoms with Crippen LogP contribution < -0.4 is 0 Å². The molecule has 0 amide bonds. The maximum absolute atomic E-state index is 15.7. The molecule has 56 heavy (non-hydrogen) atoms. The van der Waals surface area contributed by atoms with Crippen LogP contribution in [0, 0.1) is 35.9 Å². The lowest BCUT2D eigenvalue weighted by Crippen LogP contribution is -2.10. The SMILES string of the molecule is [2H]C([2H])([2H])c1cccc2nc(-c3ccc(C(F)(F)F)c4c3oc3cc(-c5c(F)cc(-c6cc(F)cc(F)c6)cc5F)cnc34)n(-c3c(C(C)C)cc(F)cc3C(C)C)c12. The molecule has 0 aliphatic carbocycles. The number of furan rings is 1. The van der Waals surface area contributed by atoms with Crippen LogP contribution in [0.4, 0.5) is 35.1 Å². The van der Waals surface area contributed by atoms with Gasteiger partial charge in [-0.15, -0.1) is 0 Å². The molecule has 0 fully saturated rings. The maximum Gasteiger partial charge on any atom is 0.417 e. The number of nitrogens with zero attached hydrogens (tertiary/aromatic N) is 3. The minimum atomic E-state index is -4.94. The van der Waals surface area contributed by atoms with Crippen LogP contribution in [-0.4, -0.2) is 14.5 Å². The first-order valence-electron chi connectivity index (χ1n) is 19.0. The molecule has 0 spiro atoms. The van der Waals surface area contributed by atoms with Gasteiger partial charge >= 0.3 is 6.18 Å². The number of imidazole rings is 1. The fourth-order valence-corrected chi connectivity index (χ4v) is 7.33. The first-order chi connectivity index (χ1) is 27.7. The molecule has 0 aliphatic heterocycles. The van der Waals surface area contributed by atoms with E-state index in [1.54, 1.807) is 6.07 Å². The Kier molecular flexibility index (Phi) is 7.92. The van der Waals surface area contributed by atoms with Crippen molar-refractivity contribution in [2.45, 2.75) is 52.6 Å². The zero-order valence-corrected chi connectivity index (χ0v) is 30.0. The third-order valence-electron chi connectivity index (χ3n) is 9.81. The van der Waals surface area contributed by atoms with Crippen molar-refractivity contribution in [3.05, 3.63) is 136 Å². The fraction of sp³-hybridized carbons (Fsp3) is 0.182. The van der Waals surface area contributed by atoms with E-state index in [1.165, 1.54) is 28.8 Å². The Labute approximate surface area is 319 Å². The summed E-state index contributed by atoms with van der Waals surface area (Å²) < 4.78 is 152. The maximum atomic E-state index is 15.7. The van der Waals surface area contributed by atoms with Crippen molar-refractivity contribution in [3.63, 3.8) is 0 Å². The summed E-state index contributed by atoms with van der Waals surface area (Å²) in [6.07, 6.45) is -3.97. The molecule has 3 aromatic heterocycles. The summed E-state index contributed by atoms with van der Waals surface area (Å²) in [6.45, 7) is 4.61. The van der Waals surface area contributed by atoms with Gasteiger partial charge in [-0.2, -0.15) is 13.2 Å². The molecule has 0 saturated heterocycles. The van der Waals surface area contributed by atoms with Gasteiger partial charge in [0.05, 0.1) is 38.8 Å². The van der Waals surface area contributed by atoms with E-state index in [9.17, 15) is 22.0 Å². The number of pyridine rings is 1. The van der Waals surface area contributed by atoms with Crippen molar-refractivity contribution in [1.29, 1.82) is 0 Å². The summed E-state index contributed by atoms with van der Waals surface area (Å²) in [5, 5.41) is -0.497. The van der Waals surface area contributed by atoms with E-state index in [2.05, 4.69) is 4.98 Å². The number of hydrogen-bond acceptors (Lipinski definition) is 3. The molecule has 8 rings (SSSR count). The lowest BCUT2D eigenvalue weighted by atomic mass is 9.91. The normalized spacial score (nSPS) is 13.4. The number of benzene rings is 5. The highest BCUT2D eigenvalue weighted by atomic mass is 19.4. The van der Waals surface area contributed by atoms with Gasteiger partial charge in [0.2, 0.25) is 0 Å². The highest BCUT2D eigenvalue weighted by Gasteiger charge is 2.37. The first-order valence-corrected chi connectivity index (χ1v) is 17.5. The Morgan fingerprint density at radius 2 is 1.36 bits per heavy atom. The Hall–Kier alpha value is -6.04. The minimum absolute atomic E-state index is 0.0157. The molecule has 0 atom stereocenters. The largest absolute Gasteiger partial charge is 0.454 e. The van der Waals surface area contributed by atoms with E-state index in [0.29, 0.717) is 22.9 Å². The van der Waals surface area contributed by atoms with Gasteiger partial charge in [-0.05, 0) is 107 Å². The van der Waals surface area contributed by atoms with Crippen molar-refractivity contribution in [2.75, 3.05) is 0 Å². The Balaban J connectivity index is 1.44. The molecule has 0 unspecified atom stereocenters. The van der Waals surface area contributed by atoms with Gasteiger partial charge in [-0.3, -0.25) is 9.55 Å². The van der Waals surface area contributed by atoms with Crippen LogP contribution >= 0.6 is 0 Å². The molecule has 5 aromatic carbocycles. The van der Waals surface area contributed by atoms with E-state index >= 15 is 13.2 Å². The molecule has 8 aromatic rings. The van der Waals surface area contributed by atoms with Gasteiger partial charge in [-0.1, -0.05) is 39.8 Å². The number of aromatic nitrogens is 3. The average Bonchev–Trinajstić information content (AvgIpc) is 3.71. The number of fused-ring (bicyclic) bond motifs is 4. The van der Waals surface area contributed by atoms with Crippen LogP contribution in [-0.2, 0) is 6.18 Å². The zero-order valence-electron chi connectivity index (χ0n) is 33.0. The first kappa shape index (κ1) is 33.3. The predicted molar refractivity (Wildman–Crippen MR) is 200 cm³/mol. The lowest BCUT2D eigenvalue weighted by molar-refractivity contribution is -0.136. The second-order valence-electron chi connectivity index (χ2n) is 14.2. The van der Waals surface area contributed by atoms with Gasteiger partial charge in [0.25, 0.3) is 0 Å². The number of rotatable bonds is 6. The van der Waals surface area contributed by atoms with Crippen molar-refractivity contribution in [1.82, 2.24) is 14.5 Å². The van der Waals surface area contributed by atoms with Crippen LogP contribution in [0.15, 0.2) is 89.5 Å². The van der Waals surface area contributed by atoms with Gasteiger partial charge in [0, 0.05) is 21.9 Å². The van der Waals surface area contributed by atoms with E-state index < -0.39 is 58.6 Å². The van der Waals surface area contributed by atoms with Crippen LogP contribution in [0.3, 0.4) is 0 Å². The van der Waals surface area contributed by atoms with Crippen molar-refractivity contribution >= 4 is 33.1 Å².